The van der Waals surface area contributed by atoms with E-state index in [-0.39, 0.29) is 11.9 Å². The zero-order valence-corrected chi connectivity index (χ0v) is 11.4. The number of carbonyl (C=O) groups excluding carboxylic acids is 1. The molecule has 0 bridgehead atoms. The maximum Gasteiger partial charge on any atom is 0.239 e. The van der Waals surface area contributed by atoms with E-state index < -0.39 is 0 Å². The van der Waals surface area contributed by atoms with Crippen molar-refractivity contribution in [2.24, 2.45) is 5.92 Å². The Balaban J connectivity index is 1.78. The van der Waals surface area contributed by atoms with Crippen molar-refractivity contribution in [3.05, 3.63) is 0 Å². The summed E-state index contributed by atoms with van der Waals surface area (Å²) >= 11 is 0. The van der Waals surface area contributed by atoms with Crippen molar-refractivity contribution in [3.8, 4) is 0 Å². The Morgan fingerprint density at radius 3 is 2.56 bits per heavy atom. The summed E-state index contributed by atoms with van der Waals surface area (Å²) in [4.78, 5) is 14.1. The topological polar surface area (TPSA) is 50.8 Å². The maximum atomic E-state index is 12.2. The van der Waals surface area contributed by atoms with Crippen LogP contribution < -0.4 is 5.32 Å². The monoisotopic (exact) mass is 256 g/mol. The molecule has 3 atom stereocenters. The summed E-state index contributed by atoms with van der Waals surface area (Å²) in [6, 6.07) is 0.200. The molecule has 1 N–H and O–H groups in total. The van der Waals surface area contributed by atoms with E-state index in [0.717, 1.165) is 19.6 Å². The number of rotatable bonds is 4. The molecule has 2 fully saturated rings. The van der Waals surface area contributed by atoms with Gasteiger partial charge in [-0.15, -0.1) is 0 Å². The summed E-state index contributed by atoms with van der Waals surface area (Å²) < 4.78 is 10.6. The number of amides is 1. The van der Waals surface area contributed by atoms with Gasteiger partial charge in [0.1, 0.15) is 0 Å². The number of hydrogen-bond donors (Lipinski definition) is 1. The van der Waals surface area contributed by atoms with Crippen molar-refractivity contribution in [1.82, 2.24) is 10.2 Å². The van der Waals surface area contributed by atoms with E-state index in [2.05, 4.69) is 12.2 Å². The molecule has 2 heterocycles. The van der Waals surface area contributed by atoms with E-state index in [0.29, 0.717) is 38.3 Å². The van der Waals surface area contributed by atoms with E-state index in [1.807, 2.05) is 11.8 Å². The van der Waals surface area contributed by atoms with Crippen LogP contribution in [0.1, 0.15) is 20.3 Å². The van der Waals surface area contributed by atoms with Gasteiger partial charge >= 0.3 is 0 Å². The van der Waals surface area contributed by atoms with E-state index in [1.54, 1.807) is 0 Å². The molecule has 5 heteroatoms. The molecule has 0 aromatic carbocycles. The van der Waals surface area contributed by atoms with E-state index >= 15 is 0 Å². The van der Waals surface area contributed by atoms with Crippen molar-refractivity contribution < 1.29 is 14.3 Å². The van der Waals surface area contributed by atoms with Crippen LogP contribution in [0.15, 0.2) is 0 Å². The summed E-state index contributed by atoms with van der Waals surface area (Å²) in [6.07, 6.45) is 1.09. The van der Waals surface area contributed by atoms with Gasteiger partial charge in [0, 0.05) is 25.7 Å². The van der Waals surface area contributed by atoms with Gasteiger partial charge in [0.15, 0.2) is 0 Å². The smallest absolute Gasteiger partial charge is 0.239 e. The Hall–Kier alpha value is -0.650. The van der Waals surface area contributed by atoms with Crippen LogP contribution in [0, 0.1) is 5.92 Å². The van der Waals surface area contributed by atoms with Crippen molar-refractivity contribution in [1.29, 1.82) is 0 Å². The number of morpholine rings is 1. The zero-order chi connectivity index (χ0) is 13.0. The molecule has 104 valence electrons. The van der Waals surface area contributed by atoms with Crippen LogP contribution in [0.4, 0.5) is 0 Å². The van der Waals surface area contributed by atoms with Gasteiger partial charge in [-0.3, -0.25) is 4.79 Å². The summed E-state index contributed by atoms with van der Waals surface area (Å²) in [6.45, 7) is 8.49. The molecule has 0 aliphatic carbocycles. The van der Waals surface area contributed by atoms with E-state index in [9.17, 15) is 4.79 Å². The molecule has 0 aromatic rings. The fraction of sp³-hybridized carbons (Fsp3) is 0.923. The van der Waals surface area contributed by atoms with Crippen LogP contribution in [0.3, 0.4) is 0 Å². The third-order valence-electron chi connectivity index (χ3n) is 3.88. The largest absolute Gasteiger partial charge is 0.381 e. The molecule has 0 spiro atoms. The van der Waals surface area contributed by atoms with Gasteiger partial charge in [-0.1, -0.05) is 0 Å². The van der Waals surface area contributed by atoms with Crippen LogP contribution >= 0.6 is 0 Å². The van der Waals surface area contributed by atoms with Gasteiger partial charge in [-0.2, -0.15) is 0 Å². The second-order valence-electron chi connectivity index (χ2n) is 5.24. The van der Waals surface area contributed by atoms with Crippen LogP contribution in [0.2, 0.25) is 0 Å². The van der Waals surface area contributed by atoms with Gasteiger partial charge in [0.2, 0.25) is 5.91 Å². The summed E-state index contributed by atoms with van der Waals surface area (Å²) in [5.74, 6) is 0.717. The van der Waals surface area contributed by atoms with E-state index in [4.69, 9.17) is 9.47 Å². The van der Waals surface area contributed by atoms with Gasteiger partial charge in [0.25, 0.3) is 0 Å². The van der Waals surface area contributed by atoms with E-state index in [1.165, 1.54) is 0 Å². The highest BCUT2D eigenvalue weighted by atomic mass is 16.5. The Labute approximate surface area is 109 Å². The minimum absolute atomic E-state index is 0.126. The quantitative estimate of drug-likeness (QED) is 0.783. The number of ether oxygens (including phenoxy) is 2. The van der Waals surface area contributed by atoms with Crippen LogP contribution in [0.25, 0.3) is 0 Å². The summed E-state index contributed by atoms with van der Waals surface area (Å²) in [7, 11) is 0. The van der Waals surface area contributed by atoms with Gasteiger partial charge in [-0.25, -0.2) is 0 Å². The molecule has 0 radical (unpaired) electrons. The Morgan fingerprint density at radius 2 is 1.94 bits per heavy atom. The molecule has 2 saturated heterocycles. The highest BCUT2D eigenvalue weighted by Gasteiger charge is 2.27. The second kappa shape index (κ2) is 6.50. The molecule has 2 aliphatic heterocycles. The lowest BCUT2D eigenvalue weighted by atomic mass is 10.00. The molecular weight excluding hydrogens is 232 g/mol. The molecule has 0 aromatic heterocycles. The minimum atomic E-state index is -0.126. The van der Waals surface area contributed by atoms with Gasteiger partial charge < -0.3 is 19.7 Å². The Bertz CT molecular complexity index is 273. The fourth-order valence-electron chi connectivity index (χ4n) is 2.61. The number of nitrogens with zero attached hydrogens (tertiary/aromatic N) is 1. The first-order valence-electron chi connectivity index (χ1n) is 6.89. The van der Waals surface area contributed by atoms with Crippen LogP contribution in [-0.4, -0.2) is 62.4 Å². The lowest BCUT2D eigenvalue weighted by Gasteiger charge is -2.31. The lowest BCUT2D eigenvalue weighted by molar-refractivity contribution is -0.137. The highest BCUT2D eigenvalue weighted by Crippen LogP contribution is 2.17. The average Bonchev–Trinajstić information content (AvgIpc) is 2.92. The van der Waals surface area contributed by atoms with Gasteiger partial charge in [0.05, 0.1) is 25.9 Å². The molecular formula is C13H24N2O3. The second-order valence-corrected chi connectivity index (χ2v) is 5.24. The van der Waals surface area contributed by atoms with Crippen molar-refractivity contribution in [2.45, 2.75) is 32.4 Å². The first-order valence-corrected chi connectivity index (χ1v) is 6.89. The van der Waals surface area contributed by atoms with Crippen LogP contribution in [0.5, 0.6) is 0 Å². The summed E-state index contributed by atoms with van der Waals surface area (Å²) in [5.41, 5.74) is 0. The Morgan fingerprint density at radius 1 is 1.22 bits per heavy atom. The van der Waals surface area contributed by atoms with Crippen molar-refractivity contribution in [3.63, 3.8) is 0 Å². The van der Waals surface area contributed by atoms with Crippen molar-refractivity contribution in [2.75, 3.05) is 39.5 Å². The van der Waals surface area contributed by atoms with Crippen LogP contribution in [-0.2, 0) is 14.3 Å². The predicted molar refractivity (Wildman–Crippen MR) is 68.4 cm³/mol. The molecule has 2 rings (SSSR count). The molecule has 5 nitrogen and oxygen atoms in total. The SMILES string of the molecule is CC(NC(C)C1CCOC1)C(=O)N1CCOCC1. The minimum Gasteiger partial charge on any atom is -0.381 e. The molecule has 1 amide bonds. The first-order chi connectivity index (χ1) is 8.68. The average molecular weight is 256 g/mol. The molecule has 3 unspecified atom stereocenters. The van der Waals surface area contributed by atoms with Gasteiger partial charge in [-0.05, 0) is 26.2 Å². The third-order valence-corrected chi connectivity index (χ3v) is 3.88. The predicted octanol–water partition coefficient (Wildman–Crippen LogP) is 0.248. The fourth-order valence-corrected chi connectivity index (χ4v) is 2.61. The maximum absolute atomic E-state index is 12.2. The lowest BCUT2D eigenvalue weighted by Crippen LogP contribution is -2.52. The zero-order valence-electron chi connectivity index (χ0n) is 11.4. The number of hydrogen-bond acceptors (Lipinski definition) is 4. The standard InChI is InChI=1S/C13H24N2O3/c1-10(12-3-6-18-9-12)14-11(2)13(16)15-4-7-17-8-5-15/h10-12,14H,3-9H2,1-2H3. The third kappa shape index (κ3) is 3.43. The molecule has 18 heavy (non-hydrogen) atoms. The highest BCUT2D eigenvalue weighted by molar-refractivity contribution is 5.81. The van der Waals surface area contributed by atoms with Crippen molar-refractivity contribution >= 4 is 5.91 Å². The number of nitrogens with one attached hydrogen (secondary N) is 1. The number of carbonyl (C=O) groups is 1. The first kappa shape index (κ1) is 13.8. The normalized spacial score (nSPS) is 28.1. The Kier molecular flexibility index (Phi) is 4.97. The summed E-state index contributed by atoms with van der Waals surface area (Å²) in [5, 5.41) is 3.41. The molecule has 2 aliphatic rings. The molecule has 0 saturated carbocycles.